The van der Waals surface area contributed by atoms with Gasteiger partial charge in [0, 0.05) is 43.9 Å². The van der Waals surface area contributed by atoms with Gasteiger partial charge in [-0.25, -0.2) is 0 Å². The molecule has 10 aromatic carbocycles. The monoisotopic (exact) mass is 855 g/mol. The fraction of sp³-hybridized carbons (Fsp3) is 0.0625. The van der Waals surface area contributed by atoms with E-state index in [2.05, 4.69) is 231 Å². The summed E-state index contributed by atoms with van der Waals surface area (Å²) < 4.78 is 13.4. The molecule has 0 radical (unpaired) electrons. The average molecular weight is 856 g/mol. The van der Waals surface area contributed by atoms with Crippen LogP contribution >= 0.6 is 0 Å². The zero-order valence-corrected chi connectivity index (χ0v) is 37.0. The molecular weight excluding hydrogens is 815 g/mol. The Morgan fingerprint density at radius 2 is 0.821 bits per heavy atom. The third-order valence-electron chi connectivity index (χ3n) is 15.5. The molecule has 3 heteroatoms. The Hall–Kier alpha value is -8.40. The Kier molecular flexibility index (Phi) is 7.22. The van der Waals surface area contributed by atoms with Gasteiger partial charge in [0.1, 0.15) is 22.3 Å². The molecule has 0 atom stereocenters. The summed E-state index contributed by atoms with van der Waals surface area (Å²) >= 11 is 0. The average Bonchev–Trinajstić information content (AvgIpc) is 4.14. The van der Waals surface area contributed by atoms with E-state index < -0.39 is 5.41 Å². The second-order valence-electron chi connectivity index (χ2n) is 19.1. The highest BCUT2D eigenvalue weighted by atomic mass is 16.3. The molecule has 1 spiro atoms. The highest BCUT2D eigenvalue weighted by Crippen LogP contribution is 2.65. The van der Waals surface area contributed by atoms with Gasteiger partial charge in [-0.05, 0) is 133 Å². The molecule has 0 saturated heterocycles. The molecule has 3 nitrogen and oxygen atoms in total. The van der Waals surface area contributed by atoms with Crippen molar-refractivity contribution < 1.29 is 8.83 Å². The third kappa shape index (κ3) is 4.80. The first kappa shape index (κ1) is 36.9. The van der Waals surface area contributed by atoms with Crippen LogP contribution in [-0.2, 0) is 10.8 Å². The van der Waals surface area contributed by atoms with E-state index in [9.17, 15) is 0 Å². The summed E-state index contributed by atoms with van der Waals surface area (Å²) in [5.74, 6) is 0. The molecule has 2 heterocycles. The molecule has 15 rings (SSSR count). The Balaban J connectivity index is 0.977. The smallest absolute Gasteiger partial charge is 0.136 e. The molecule has 0 bridgehead atoms. The lowest BCUT2D eigenvalue weighted by atomic mass is 9.70. The van der Waals surface area contributed by atoms with E-state index in [-0.39, 0.29) is 5.41 Å². The van der Waals surface area contributed by atoms with Crippen LogP contribution in [0.25, 0.3) is 88.4 Å². The van der Waals surface area contributed by atoms with Crippen LogP contribution in [0.15, 0.2) is 221 Å². The highest BCUT2D eigenvalue weighted by Gasteiger charge is 2.52. The number of anilines is 3. The molecule has 67 heavy (non-hydrogen) atoms. The van der Waals surface area contributed by atoms with Gasteiger partial charge in [0.05, 0.1) is 11.1 Å². The summed E-state index contributed by atoms with van der Waals surface area (Å²) in [4.78, 5) is 2.50. The Morgan fingerprint density at radius 3 is 1.51 bits per heavy atom. The summed E-state index contributed by atoms with van der Waals surface area (Å²) in [7, 11) is 0. The molecular formula is C64H41NO2. The first-order chi connectivity index (χ1) is 33.0. The number of fused-ring (bicyclic) bond motifs is 19. The molecule has 3 aliphatic rings. The summed E-state index contributed by atoms with van der Waals surface area (Å²) in [6, 6.07) is 78.3. The molecule has 0 fully saturated rings. The number of hydrogen-bond acceptors (Lipinski definition) is 3. The molecule has 0 aliphatic heterocycles. The maximum absolute atomic E-state index is 6.75. The summed E-state index contributed by atoms with van der Waals surface area (Å²) in [5.41, 5.74) is 24.1. The number of furan rings is 2. The second-order valence-corrected chi connectivity index (χ2v) is 19.1. The van der Waals surface area contributed by atoms with E-state index in [1.807, 2.05) is 0 Å². The van der Waals surface area contributed by atoms with E-state index in [1.165, 1.54) is 72.3 Å². The van der Waals surface area contributed by atoms with E-state index >= 15 is 0 Å². The SMILES string of the molecule is CC1(C)c2ccccc2-c2ccc(N(c3ccc4oc5cc6c(cc5c4c3)oc3ccc(-c4ccccc4)cc36)c3cccc4c3-c3ccccc3C43c4ccccc4-c4ccccc43)cc21. The first-order valence-corrected chi connectivity index (χ1v) is 23.3. The summed E-state index contributed by atoms with van der Waals surface area (Å²) in [6.45, 7) is 4.73. The number of benzene rings is 10. The quantitative estimate of drug-likeness (QED) is 0.177. The largest absolute Gasteiger partial charge is 0.456 e. The lowest BCUT2D eigenvalue weighted by Crippen LogP contribution is -2.26. The van der Waals surface area contributed by atoms with Crippen LogP contribution in [0.5, 0.6) is 0 Å². The van der Waals surface area contributed by atoms with Gasteiger partial charge in [0.25, 0.3) is 0 Å². The van der Waals surface area contributed by atoms with Crippen molar-refractivity contribution >= 4 is 60.9 Å². The van der Waals surface area contributed by atoms with Gasteiger partial charge in [-0.2, -0.15) is 0 Å². The van der Waals surface area contributed by atoms with Crippen molar-refractivity contribution in [1.82, 2.24) is 0 Å². The minimum Gasteiger partial charge on any atom is -0.456 e. The van der Waals surface area contributed by atoms with Crippen molar-refractivity contribution in [3.05, 3.63) is 246 Å². The molecule has 0 saturated carbocycles. The fourth-order valence-electron chi connectivity index (χ4n) is 12.6. The first-order valence-electron chi connectivity index (χ1n) is 23.3. The van der Waals surface area contributed by atoms with Crippen molar-refractivity contribution in [2.24, 2.45) is 0 Å². The van der Waals surface area contributed by atoms with Crippen LogP contribution in [0.3, 0.4) is 0 Å². The summed E-state index contributed by atoms with van der Waals surface area (Å²) in [6.07, 6.45) is 0. The van der Waals surface area contributed by atoms with E-state index in [0.717, 1.165) is 66.5 Å². The number of nitrogens with zero attached hydrogens (tertiary/aromatic N) is 1. The van der Waals surface area contributed by atoms with Crippen molar-refractivity contribution in [2.45, 2.75) is 24.7 Å². The zero-order chi connectivity index (χ0) is 44.2. The van der Waals surface area contributed by atoms with Gasteiger partial charge in [0.2, 0.25) is 0 Å². The van der Waals surface area contributed by atoms with Gasteiger partial charge in [0.15, 0.2) is 0 Å². The van der Waals surface area contributed by atoms with Crippen molar-refractivity contribution in [2.75, 3.05) is 4.90 Å². The lowest BCUT2D eigenvalue weighted by molar-refractivity contribution is 0.660. The van der Waals surface area contributed by atoms with Gasteiger partial charge in [-0.3, -0.25) is 0 Å². The van der Waals surface area contributed by atoms with Crippen molar-refractivity contribution in [3.63, 3.8) is 0 Å². The molecule has 0 amide bonds. The van der Waals surface area contributed by atoms with Crippen LogP contribution in [0.4, 0.5) is 17.1 Å². The van der Waals surface area contributed by atoms with E-state index in [4.69, 9.17) is 8.83 Å². The number of hydrogen-bond donors (Lipinski definition) is 0. The molecule has 12 aromatic rings. The zero-order valence-electron chi connectivity index (χ0n) is 37.0. The molecule has 0 N–H and O–H groups in total. The molecule has 314 valence electrons. The van der Waals surface area contributed by atoms with Crippen LogP contribution in [0.2, 0.25) is 0 Å². The van der Waals surface area contributed by atoms with Gasteiger partial charge < -0.3 is 13.7 Å². The summed E-state index contributed by atoms with van der Waals surface area (Å²) in [5, 5.41) is 4.20. The normalized spacial score (nSPS) is 14.4. The predicted octanol–water partition coefficient (Wildman–Crippen LogP) is 17.3. The van der Waals surface area contributed by atoms with Gasteiger partial charge in [-0.1, -0.05) is 166 Å². The number of rotatable bonds is 4. The van der Waals surface area contributed by atoms with Crippen LogP contribution in [0.1, 0.15) is 47.2 Å². The Labute approximate surface area is 387 Å². The van der Waals surface area contributed by atoms with E-state index in [1.54, 1.807) is 0 Å². The van der Waals surface area contributed by atoms with E-state index in [0.29, 0.717) is 0 Å². The van der Waals surface area contributed by atoms with Gasteiger partial charge >= 0.3 is 0 Å². The van der Waals surface area contributed by atoms with Crippen LogP contribution in [-0.4, -0.2) is 0 Å². The van der Waals surface area contributed by atoms with Gasteiger partial charge in [-0.15, -0.1) is 0 Å². The second kappa shape index (κ2) is 13.1. The molecule has 3 aliphatic carbocycles. The Morgan fingerprint density at radius 1 is 0.328 bits per heavy atom. The maximum Gasteiger partial charge on any atom is 0.136 e. The van der Waals surface area contributed by atoms with Crippen molar-refractivity contribution in [1.29, 1.82) is 0 Å². The standard InChI is InChI=1S/C64H41NO2/c1-63(2)51-21-10-6-17-42(51)45-30-28-41(35-56(45)63)65(57-26-14-25-55-62(57)46-20-9-13-24-54(46)64(55)52-22-11-7-18-43(52)44-19-8-12-23-53(44)64)40-29-32-59-48(34-40)50-37-60-49(36-61(50)67-59)47-33-39(27-31-58(47)66-60)38-15-4-3-5-16-38/h3-37H,1-2H3. The highest BCUT2D eigenvalue weighted by molar-refractivity contribution is 6.16. The topological polar surface area (TPSA) is 29.5 Å². The molecule has 0 unspecified atom stereocenters. The minimum absolute atomic E-state index is 0.176. The Bertz CT molecular complexity index is 4040. The third-order valence-corrected chi connectivity index (χ3v) is 15.5. The minimum atomic E-state index is -0.465. The van der Waals surface area contributed by atoms with Crippen molar-refractivity contribution in [3.8, 4) is 44.5 Å². The van der Waals surface area contributed by atoms with Crippen LogP contribution in [0, 0.1) is 0 Å². The predicted molar refractivity (Wildman–Crippen MR) is 275 cm³/mol. The molecule has 2 aromatic heterocycles. The fourth-order valence-corrected chi connectivity index (χ4v) is 12.6. The van der Waals surface area contributed by atoms with Crippen LogP contribution < -0.4 is 4.90 Å². The maximum atomic E-state index is 6.75. The lowest BCUT2D eigenvalue weighted by Gasteiger charge is -2.32.